The van der Waals surface area contributed by atoms with E-state index in [0.717, 1.165) is 19.3 Å². The van der Waals surface area contributed by atoms with Crippen molar-refractivity contribution in [3.63, 3.8) is 0 Å². The van der Waals surface area contributed by atoms with E-state index in [-0.39, 0.29) is 5.56 Å². The number of rotatable bonds is 4. The predicted octanol–water partition coefficient (Wildman–Crippen LogP) is 2.18. The van der Waals surface area contributed by atoms with Gasteiger partial charge in [0, 0.05) is 6.04 Å². The van der Waals surface area contributed by atoms with E-state index in [2.05, 4.69) is 17.5 Å². The summed E-state index contributed by atoms with van der Waals surface area (Å²) in [5.41, 5.74) is 0.209. The highest BCUT2D eigenvalue weighted by atomic mass is 16.4. The molecule has 1 unspecified atom stereocenters. The lowest BCUT2D eigenvalue weighted by Gasteiger charge is -2.18. The first-order chi connectivity index (χ1) is 7.75. The van der Waals surface area contributed by atoms with Crippen molar-refractivity contribution < 1.29 is 14.3 Å². The first kappa shape index (κ1) is 11.0. The fourth-order valence-corrected chi connectivity index (χ4v) is 1.81. The van der Waals surface area contributed by atoms with Crippen LogP contribution < -0.4 is 5.32 Å². The molecule has 4 heteroatoms. The number of nitrogens with one attached hydrogen (secondary N) is 1. The summed E-state index contributed by atoms with van der Waals surface area (Å²) in [6.45, 7) is 0.589. The Balaban J connectivity index is 1.84. The quantitative estimate of drug-likeness (QED) is 0.765. The van der Waals surface area contributed by atoms with Gasteiger partial charge in [-0.15, -0.1) is 0 Å². The van der Waals surface area contributed by atoms with Crippen LogP contribution in [0.1, 0.15) is 35.4 Å². The highest BCUT2D eigenvalue weighted by Crippen LogP contribution is 2.12. The topological polar surface area (TPSA) is 62.5 Å². The molecule has 0 aromatic carbocycles. The third-order valence-electron chi connectivity index (χ3n) is 2.73. The Hall–Kier alpha value is -1.55. The molecule has 0 spiro atoms. The van der Waals surface area contributed by atoms with E-state index in [1.807, 2.05) is 0 Å². The second-order valence-electron chi connectivity index (χ2n) is 3.97. The number of carboxylic acid groups (broad SMARTS) is 1. The van der Waals surface area contributed by atoms with Crippen LogP contribution in [0.3, 0.4) is 0 Å². The maximum Gasteiger partial charge on any atom is 0.338 e. The lowest BCUT2D eigenvalue weighted by Crippen LogP contribution is -2.28. The first-order valence-electron chi connectivity index (χ1n) is 5.45. The van der Waals surface area contributed by atoms with Crippen molar-refractivity contribution in [3.8, 4) is 0 Å². The van der Waals surface area contributed by atoms with Gasteiger partial charge in [0.05, 0.1) is 12.1 Å². The summed E-state index contributed by atoms with van der Waals surface area (Å²) in [5.74, 6) is -0.275. The summed E-state index contributed by atoms with van der Waals surface area (Å²) in [5, 5.41) is 12.1. The van der Waals surface area contributed by atoms with Crippen molar-refractivity contribution in [1.29, 1.82) is 0 Å². The molecule has 1 aliphatic carbocycles. The largest absolute Gasteiger partial charge is 0.478 e. The molecule has 0 amide bonds. The zero-order valence-electron chi connectivity index (χ0n) is 8.98. The number of aromatic carboxylic acids is 1. The normalized spacial score (nSPS) is 19.9. The van der Waals surface area contributed by atoms with Gasteiger partial charge < -0.3 is 14.8 Å². The van der Waals surface area contributed by atoms with Gasteiger partial charge in [0.25, 0.3) is 0 Å². The number of hydrogen-bond donors (Lipinski definition) is 2. The molecule has 86 valence electrons. The summed E-state index contributed by atoms with van der Waals surface area (Å²) in [7, 11) is 0. The minimum atomic E-state index is -0.949. The number of carboxylic acids is 1. The lowest BCUT2D eigenvalue weighted by atomic mass is 10.0. The van der Waals surface area contributed by atoms with Gasteiger partial charge in [0.2, 0.25) is 0 Å². The molecule has 0 bridgehead atoms. The van der Waals surface area contributed by atoms with Crippen LogP contribution in [-0.2, 0) is 6.54 Å². The first-order valence-corrected chi connectivity index (χ1v) is 5.45. The number of furan rings is 1. The molecule has 1 aromatic rings. The number of carbonyl (C=O) groups is 1. The molecule has 16 heavy (non-hydrogen) atoms. The van der Waals surface area contributed by atoms with Crippen LogP contribution in [0.25, 0.3) is 0 Å². The lowest BCUT2D eigenvalue weighted by molar-refractivity contribution is 0.0696. The van der Waals surface area contributed by atoms with E-state index in [1.54, 1.807) is 6.07 Å². The molecular weight excluding hydrogens is 206 g/mol. The van der Waals surface area contributed by atoms with Crippen molar-refractivity contribution in [2.75, 3.05) is 0 Å². The Kier molecular flexibility index (Phi) is 3.41. The van der Waals surface area contributed by atoms with Crippen LogP contribution in [-0.4, -0.2) is 17.1 Å². The van der Waals surface area contributed by atoms with Gasteiger partial charge in [-0.25, -0.2) is 4.79 Å². The molecule has 1 aliphatic rings. The third kappa shape index (κ3) is 2.73. The number of allylic oxidation sites excluding steroid dienone is 1. The Bertz CT molecular complexity index is 395. The summed E-state index contributed by atoms with van der Waals surface area (Å²) < 4.78 is 5.16. The molecular formula is C12H15NO3. The van der Waals surface area contributed by atoms with Gasteiger partial charge in [-0.3, -0.25) is 0 Å². The minimum absolute atomic E-state index is 0.209. The van der Waals surface area contributed by atoms with Gasteiger partial charge in [0.15, 0.2) is 0 Å². The summed E-state index contributed by atoms with van der Waals surface area (Å²) in [6.07, 6.45) is 8.91. The van der Waals surface area contributed by atoms with Gasteiger partial charge >= 0.3 is 5.97 Å². The summed E-state index contributed by atoms with van der Waals surface area (Å²) in [6, 6.07) is 2.04. The summed E-state index contributed by atoms with van der Waals surface area (Å²) in [4.78, 5) is 10.6. The molecule has 2 N–H and O–H groups in total. The van der Waals surface area contributed by atoms with Crippen LogP contribution >= 0.6 is 0 Å². The second kappa shape index (κ2) is 4.99. The maximum atomic E-state index is 10.6. The fraction of sp³-hybridized carbons (Fsp3) is 0.417. The van der Waals surface area contributed by atoms with Crippen molar-refractivity contribution in [3.05, 3.63) is 35.8 Å². The van der Waals surface area contributed by atoms with Gasteiger partial charge in [-0.2, -0.15) is 0 Å². The Morgan fingerprint density at radius 3 is 3.06 bits per heavy atom. The van der Waals surface area contributed by atoms with Crippen LogP contribution in [0.4, 0.5) is 0 Å². The minimum Gasteiger partial charge on any atom is -0.478 e. The fourth-order valence-electron chi connectivity index (χ4n) is 1.81. The Morgan fingerprint density at radius 2 is 2.44 bits per heavy atom. The van der Waals surface area contributed by atoms with E-state index < -0.39 is 5.97 Å². The average Bonchev–Trinajstić information content (AvgIpc) is 2.76. The van der Waals surface area contributed by atoms with Crippen molar-refractivity contribution >= 4 is 5.97 Å². The third-order valence-corrected chi connectivity index (χ3v) is 2.73. The molecule has 0 saturated carbocycles. The molecule has 2 rings (SSSR count). The van der Waals surface area contributed by atoms with Crippen molar-refractivity contribution in [1.82, 2.24) is 5.32 Å². The Labute approximate surface area is 94.0 Å². The number of hydrogen-bond acceptors (Lipinski definition) is 3. The van der Waals surface area contributed by atoms with Crippen LogP contribution in [0.5, 0.6) is 0 Å². The average molecular weight is 221 g/mol. The van der Waals surface area contributed by atoms with Gasteiger partial charge in [-0.05, 0) is 25.3 Å². The van der Waals surface area contributed by atoms with Gasteiger partial charge in [0.1, 0.15) is 12.0 Å². The zero-order valence-corrected chi connectivity index (χ0v) is 8.98. The predicted molar refractivity (Wildman–Crippen MR) is 59.3 cm³/mol. The maximum absolute atomic E-state index is 10.6. The second-order valence-corrected chi connectivity index (χ2v) is 3.97. The van der Waals surface area contributed by atoms with Crippen LogP contribution in [0.15, 0.2) is 28.9 Å². The molecule has 0 fully saturated rings. The summed E-state index contributed by atoms with van der Waals surface area (Å²) >= 11 is 0. The molecule has 0 radical (unpaired) electrons. The monoisotopic (exact) mass is 221 g/mol. The highest BCUT2D eigenvalue weighted by molar-refractivity contribution is 5.87. The molecule has 4 nitrogen and oxygen atoms in total. The van der Waals surface area contributed by atoms with E-state index in [4.69, 9.17) is 9.52 Å². The van der Waals surface area contributed by atoms with Crippen molar-refractivity contribution in [2.45, 2.75) is 31.8 Å². The Morgan fingerprint density at radius 1 is 1.56 bits per heavy atom. The zero-order chi connectivity index (χ0) is 11.4. The highest BCUT2D eigenvalue weighted by Gasteiger charge is 2.11. The molecule has 1 atom stereocenters. The smallest absolute Gasteiger partial charge is 0.338 e. The van der Waals surface area contributed by atoms with E-state index in [1.165, 1.54) is 6.26 Å². The van der Waals surface area contributed by atoms with Crippen molar-refractivity contribution in [2.24, 2.45) is 0 Å². The molecule has 1 heterocycles. The van der Waals surface area contributed by atoms with E-state index in [0.29, 0.717) is 18.3 Å². The van der Waals surface area contributed by atoms with Gasteiger partial charge in [-0.1, -0.05) is 12.2 Å². The van der Waals surface area contributed by atoms with E-state index in [9.17, 15) is 4.79 Å². The standard InChI is InChI=1S/C12H15NO3/c14-12(15)9-6-11(16-8-9)7-13-10-4-2-1-3-5-10/h1-2,6,8,10,13H,3-5,7H2,(H,14,15). The van der Waals surface area contributed by atoms with E-state index >= 15 is 0 Å². The van der Waals surface area contributed by atoms with Crippen LogP contribution in [0.2, 0.25) is 0 Å². The molecule has 1 aromatic heterocycles. The molecule has 0 saturated heterocycles. The molecule has 0 aliphatic heterocycles. The van der Waals surface area contributed by atoms with Crippen LogP contribution in [0, 0.1) is 0 Å². The SMILES string of the molecule is O=C(O)c1coc(CNC2CC=CCC2)c1.